The number of nitrogens with two attached hydrogens (primary N) is 1. The lowest BCUT2D eigenvalue weighted by Crippen LogP contribution is -2.39. The summed E-state index contributed by atoms with van der Waals surface area (Å²) in [6.07, 6.45) is 0. The molecule has 0 aliphatic carbocycles. The molecule has 0 bridgehead atoms. The van der Waals surface area contributed by atoms with Crippen molar-refractivity contribution in [2.24, 2.45) is 5.84 Å². The highest BCUT2D eigenvalue weighted by Crippen LogP contribution is 2.31. The SMILES string of the molecule is CC(=O)c1ccccc1C1(NN)NO1. The molecule has 2 rings (SSSR count). The predicted octanol–water partition coefficient (Wildman–Crippen LogP) is -0.00240. The molecule has 5 nitrogen and oxygen atoms in total. The van der Waals surface area contributed by atoms with Crippen molar-refractivity contribution in [1.82, 2.24) is 10.9 Å². The first kappa shape index (κ1) is 9.29. The molecule has 0 aromatic heterocycles. The molecule has 5 heteroatoms. The normalized spacial score (nSPS) is 24.7. The minimum absolute atomic E-state index is 0.0208. The van der Waals surface area contributed by atoms with Crippen LogP contribution in [0.3, 0.4) is 0 Å². The van der Waals surface area contributed by atoms with E-state index in [1.165, 1.54) is 6.92 Å². The Labute approximate surface area is 81.2 Å². The van der Waals surface area contributed by atoms with Gasteiger partial charge in [-0.15, -0.1) is 5.48 Å². The van der Waals surface area contributed by atoms with E-state index in [9.17, 15) is 4.79 Å². The second-order valence-corrected chi connectivity index (χ2v) is 3.13. The van der Waals surface area contributed by atoms with Gasteiger partial charge in [-0.1, -0.05) is 24.3 Å². The Bertz CT molecular complexity index is 374. The smallest absolute Gasteiger partial charge is 0.255 e. The van der Waals surface area contributed by atoms with Crippen LogP contribution < -0.4 is 16.7 Å². The molecule has 1 saturated heterocycles. The Morgan fingerprint density at radius 3 is 2.71 bits per heavy atom. The van der Waals surface area contributed by atoms with Crippen molar-refractivity contribution in [1.29, 1.82) is 0 Å². The van der Waals surface area contributed by atoms with Crippen molar-refractivity contribution in [2.75, 3.05) is 0 Å². The maximum absolute atomic E-state index is 11.3. The van der Waals surface area contributed by atoms with E-state index in [4.69, 9.17) is 10.7 Å². The summed E-state index contributed by atoms with van der Waals surface area (Å²) in [6, 6.07) is 7.15. The maximum Gasteiger partial charge on any atom is 0.255 e. The van der Waals surface area contributed by atoms with Crippen LogP contribution in [-0.4, -0.2) is 5.78 Å². The number of carbonyl (C=O) groups is 1. The second-order valence-electron chi connectivity index (χ2n) is 3.13. The fraction of sp³-hybridized carbons (Fsp3) is 0.222. The van der Waals surface area contributed by atoms with E-state index in [-0.39, 0.29) is 5.78 Å². The van der Waals surface area contributed by atoms with E-state index in [2.05, 4.69) is 10.9 Å². The third-order valence-corrected chi connectivity index (χ3v) is 2.20. The fourth-order valence-electron chi connectivity index (χ4n) is 1.39. The zero-order chi connectivity index (χ0) is 10.2. The predicted molar refractivity (Wildman–Crippen MR) is 49.7 cm³/mol. The van der Waals surface area contributed by atoms with E-state index in [1.807, 2.05) is 6.07 Å². The molecular formula is C9H11N3O2. The van der Waals surface area contributed by atoms with Gasteiger partial charge in [-0.2, -0.15) is 0 Å². The van der Waals surface area contributed by atoms with Gasteiger partial charge in [0.25, 0.3) is 5.85 Å². The fourth-order valence-corrected chi connectivity index (χ4v) is 1.39. The lowest BCUT2D eigenvalue weighted by molar-refractivity contribution is 0.101. The van der Waals surface area contributed by atoms with Gasteiger partial charge in [-0.25, -0.2) is 5.43 Å². The summed E-state index contributed by atoms with van der Waals surface area (Å²) in [7, 11) is 0. The van der Waals surface area contributed by atoms with E-state index in [1.54, 1.807) is 18.2 Å². The molecule has 1 aromatic carbocycles. The summed E-state index contributed by atoms with van der Waals surface area (Å²) in [6.45, 7) is 1.51. The average molecular weight is 193 g/mol. The van der Waals surface area contributed by atoms with Crippen molar-refractivity contribution in [3.63, 3.8) is 0 Å². The van der Waals surface area contributed by atoms with Gasteiger partial charge in [0.15, 0.2) is 5.78 Å². The minimum atomic E-state index is -0.887. The van der Waals surface area contributed by atoms with Gasteiger partial charge in [0.2, 0.25) is 0 Å². The van der Waals surface area contributed by atoms with E-state index in [0.29, 0.717) is 11.1 Å². The zero-order valence-corrected chi connectivity index (χ0v) is 7.70. The summed E-state index contributed by atoms with van der Waals surface area (Å²) < 4.78 is 0. The van der Waals surface area contributed by atoms with Gasteiger partial charge in [0.05, 0.1) is 0 Å². The van der Waals surface area contributed by atoms with Crippen LogP contribution in [0.5, 0.6) is 0 Å². The summed E-state index contributed by atoms with van der Waals surface area (Å²) in [4.78, 5) is 16.3. The lowest BCUT2D eigenvalue weighted by Gasteiger charge is -2.11. The number of hydrazine groups is 1. The molecule has 1 unspecified atom stereocenters. The summed E-state index contributed by atoms with van der Waals surface area (Å²) in [5.41, 5.74) is 6.40. The van der Waals surface area contributed by atoms with Gasteiger partial charge in [-0.05, 0) is 6.92 Å². The average Bonchev–Trinajstić information content (AvgIpc) is 2.98. The molecule has 0 amide bonds. The number of ketones is 1. The third-order valence-electron chi connectivity index (χ3n) is 2.20. The van der Waals surface area contributed by atoms with Crippen molar-refractivity contribution >= 4 is 5.78 Å². The number of hydroxylamine groups is 1. The molecule has 0 saturated carbocycles. The topological polar surface area (TPSA) is 89.6 Å². The third kappa shape index (κ3) is 1.32. The zero-order valence-electron chi connectivity index (χ0n) is 7.70. The van der Waals surface area contributed by atoms with Crippen molar-refractivity contribution < 1.29 is 9.63 Å². The molecule has 1 aromatic rings. The van der Waals surface area contributed by atoms with Gasteiger partial charge in [-0.3, -0.25) is 15.5 Å². The Hall–Kier alpha value is -1.27. The number of Topliss-reactive ketones (excluding diaryl/α,β-unsaturated/α-hetero) is 1. The maximum atomic E-state index is 11.3. The van der Waals surface area contributed by atoms with Crippen molar-refractivity contribution in [2.45, 2.75) is 12.8 Å². The highest BCUT2D eigenvalue weighted by Gasteiger charge is 2.48. The van der Waals surface area contributed by atoms with Gasteiger partial charge in [0.1, 0.15) is 0 Å². The number of hydrogen-bond donors (Lipinski definition) is 3. The van der Waals surface area contributed by atoms with Crippen LogP contribution in [0.15, 0.2) is 24.3 Å². The molecule has 1 heterocycles. The van der Waals surface area contributed by atoms with Crippen LogP contribution >= 0.6 is 0 Å². The Morgan fingerprint density at radius 1 is 1.57 bits per heavy atom. The van der Waals surface area contributed by atoms with Crippen LogP contribution in [-0.2, 0) is 10.7 Å². The van der Waals surface area contributed by atoms with Gasteiger partial charge >= 0.3 is 0 Å². The Morgan fingerprint density at radius 2 is 2.21 bits per heavy atom. The van der Waals surface area contributed by atoms with Gasteiger partial charge < -0.3 is 0 Å². The van der Waals surface area contributed by atoms with E-state index >= 15 is 0 Å². The van der Waals surface area contributed by atoms with Crippen molar-refractivity contribution in [3.8, 4) is 0 Å². The van der Waals surface area contributed by atoms with Crippen LogP contribution in [0.1, 0.15) is 22.8 Å². The lowest BCUT2D eigenvalue weighted by atomic mass is 10.0. The molecule has 1 aliphatic rings. The summed E-state index contributed by atoms with van der Waals surface area (Å²) in [5.74, 6) is 4.41. The van der Waals surface area contributed by atoms with Gasteiger partial charge in [0, 0.05) is 11.1 Å². The largest absolute Gasteiger partial charge is 0.294 e. The number of nitrogens with one attached hydrogen (secondary N) is 2. The van der Waals surface area contributed by atoms with E-state index < -0.39 is 5.85 Å². The standard InChI is InChI=1S/C9H11N3O2/c1-6(13)7-4-2-3-5-8(7)9(11-10)12-14-9/h2-5,11-12H,10H2,1H3. The van der Waals surface area contributed by atoms with Crippen LogP contribution in [0, 0.1) is 0 Å². The monoisotopic (exact) mass is 193 g/mol. The quantitative estimate of drug-likeness (QED) is 0.272. The Balaban J connectivity index is 2.47. The molecule has 1 fully saturated rings. The first-order chi connectivity index (χ1) is 6.69. The van der Waals surface area contributed by atoms with E-state index in [0.717, 1.165) is 0 Å². The second kappa shape index (κ2) is 3.14. The Kier molecular flexibility index (Phi) is 2.09. The molecule has 4 N–H and O–H groups in total. The molecule has 74 valence electrons. The number of benzene rings is 1. The number of rotatable bonds is 3. The van der Waals surface area contributed by atoms with Crippen LogP contribution in [0.25, 0.3) is 0 Å². The number of hydrogen-bond acceptors (Lipinski definition) is 5. The highest BCUT2D eigenvalue weighted by molar-refractivity contribution is 5.95. The first-order valence-electron chi connectivity index (χ1n) is 4.23. The summed E-state index contributed by atoms with van der Waals surface area (Å²) in [5, 5.41) is 0. The summed E-state index contributed by atoms with van der Waals surface area (Å²) >= 11 is 0. The highest BCUT2D eigenvalue weighted by atomic mass is 16.8. The number of carbonyl (C=O) groups excluding carboxylic acids is 1. The molecular weight excluding hydrogens is 182 g/mol. The van der Waals surface area contributed by atoms with Crippen LogP contribution in [0.2, 0.25) is 0 Å². The molecule has 0 spiro atoms. The van der Waals surface area contributed by atoms with Crippen LogP contribution in [0.4, 0.5) is 0 Å². The minimum Gasteiger partial charge on any atom is -0.294 e. The van der Waals surface area contributed by atoms with Crippen molar-refractivity contribution in [3.05, 3.63) is 35.4 Å². The molecule has 0 radical (unpaired) electrons. The molecule has 1 atom stereocenters. The molecule has 14 heavy (non-hydrogen) atoms. The molecule has 1 aliphatic heterocycles. The first-order valence-corrected chi connectivity index (χ1v) is 4.23.